The molecule has 10 heteroatoms. The fourth-order valence-electron chi connectivity index (χ4n) is 3.14. The Balaban J connectivity index is 1.55. The Morgan fingerprint density at radius 2 is 1.94 bits per heavy atom. The molecule has 4 aromatic rings. The van der Waals surface area contributed by atoms with Gasteiger partial charge in [0, 0.05) is 35.5 Å². The predicted molar refractivity (Wildman–Crippen MR) is 115 cm³/mol. The molecule has 0 saturated heterocycles. The number of carboxylic acid groups (broad SMARTS) is 1. The highest BCUT2D eigenvalue weighted by atomic mass is 16.4. The van der Waals surface area contributed by atoms with E-state index in [4.69, 9.17) is 9.52 Å². The van der Waals surface area contributed by atoms with E-state index in [9.17, 15) is 19.5 Å². The number of carboxylic acids is 1. The molecule has 10 nitrogen and oxygen atoms in total. The standard InChI is InChI=1S/C22H18N4O6/c27-16-8-7-14-10-18(22(31)32-19(14)11-16)26-12-17(24-25-26)13-3-1-4-15(9-13)23-20(28)5-2-6-21(29)30/h1,3-4,7-12,27H,2,5-6H2,(H,23,28)(H,29,30). The Labute approximate surface area is 180 Å². The second-order valence-corrected chi connectivity index (χ2v) is 7.07. The molecule has 0 saturated carbocycles. The first-order chi connectivity index (χ1) is 15.4. The van der Waals surface area contributed by atoms with Gasteiger partial charge in [0.1, 0.15) is 17.0 Å². The van der Waals surface area contributed by atoms with Crippen molar-refractivity contribution in [2.24, 2.45) is 0 Å². The molecule has 0 aliphatic carbocycles. The van der Waals surface area contributed by atoms with Crippen LogP contribution in [0.3, 0.4) is 0 Å². The Morgan fingerprint density at radius 1 is 1.09 bits per heavy atom. The molecular formula is C22H18N4O6. The molecule has 0 unspecified atom stereocenters. The first kappa shape index (κ1) is 20.8. The lowest BCUT2D eigenvalue weighted by Gasteiger charge is -2.06. The molecule has 32 heavy (non-hydrogen) atoms. The van der Waals surface area contributed by atoms with Gasteiger partial charge in [0.25, 0.3) is 0 Å². The number of phenolic OH excluding ortho intramolecular Hbond substituents is 1. The van der Waals surface area contributed by atoms with Gasteiger partial charge in [-0.25, -0.2) is 9.48 Å². The molecule has 2 heterocycles. The van der Waals surface area contributed by atoms with Crippen molar-refractivity contribution in [1.82, 2.24) is 15.0 Å². The smallest absolute Gasteiger partial charge is 0.362 e. The molecule has 0 fully saturated rings. The van der Waals surface area contributed by atoms with Crippen molar-refractivity contribution in [3.05, 3.63) is 65.1 Å². The quantitative estimate of drug-likeness (QED) is 0.376. The summed E-state index contributed by atoms with van der Waals surface area (Å²) in [5, 5.41) is 29.7. The van der Waals surface area contributed by atoms with Gasteiger partial charge in [0.15, 0.2) is 5.69 Å². The number of anilines is 1. The van der Waals surface area contributed by atoms with Crippen LogP contribution in [0.5, 0.6) is 5.75 Å². The predicted octanol–water partition coefficient (Wildman–Crippen LogP) is 2.94. The molecular weight excluding hydrogens is 416 g/mol. The number of aliphatic carboxylic acids is 1. The minimum absolute atomic E-state index is 0.00898. The summed E-state index contributed by atoms with van der Waals surface area (Å²) in [7, 11) is 0. The van der Waals surface area contributed by atoms with Crippen LogP contribution >= 0.6 is 0 Å². The maximum absolute atomic E-state index is 12.4. The maximum atomic E-state index is 12.4. The fraction of sp³-hybridized carbons (Fsp3) is 0.136. The van der Waals surface area contributed by atoms with Crippen molar-refractivity contribution < 1.29 is 24.2 Å². The van der Waals surface area contributed by atoms with Crippen LogP contribution in [0.4, 0.5) is 5.69 Å². The highest BCUT2D eigenvalue weighted by molar-refractivity contribution is 5.91. The van der Waals surface area contributed by atoms with Gasteiger partial charge in [-0.05, 0) is 36.8 Å². The minimum atomic E-state index is -0.943. The summed E-state index contributed by atoms with van der Waals surface area (Å²) < 4.78 is 6.56. The topological polar surface area (TPSA) is 148 Å². The number of hydrogen-bond donors (Lipinski definition) is 3. The van der Waals surface area contributed by atoms with E-state index in [0.717, 1.165) is 0 Å². The van der Waals surface area contributed by atoms with Crippen LogP contribution < -0.4 is 10.9 Å². The lowest BCUT2D eigenvalue weighted by molar-refractivity contribution is -0.137. The van der Waals surface area contributed by atoms with Crippen molar-refractivity contribution in [3.8, 4) is 22.7 Å². The monoisotopic (exact) mass is 434 g/mol. The molecule has 0 atom stereocenters. The number of phenols is 1. The molecule has 2 aromatic carbocycles. The highest BCUT2D eigenvalue weighted by Crippen LogP contribution is 2.23. The number of aromatic hydroxyl groups is 1. The average molecular weight is 434 g/mol. The van der Waals surface area contributed by atoms with Gasteiger partial charge in [-0.3, -0.25) is 9.59 Å². The van der Waals surface area contributed by atoms with Crippen molar-refractivity contribution in [1.29, 1.82) is 0 Å². The third-order valence-electron chi connectivity index (χ3n) is 4.68. The van der Waals surface area contributed by atoms with Gasteiger partial charge in [0.05, 0.1) is 6.20 Å². The second-order valence-electron chi connectivity index (χ2n) is 7.07. The fourth-order valence-corrected chi connectivity index (χ4v) is 3.14. The molecule has 0 bridgehead atoms. The lowest BCUT2D eigenvalue weighted by atomic mass is 10.1. The molecule has 162 valence electrons. The van der Waals surface area contributed by atoms with Crippen molar-refractivity contribution in [2.45, 2.75) is 19.3 Å². The van der Waals surface area contributed by atoms with E-state index in [-0.39, 0.29) is 42.2 Å². The summed E-state index contributed by atoms with van der Waals surface area (Å²) >= 11 is 0. The zero-order valence-corrected chi connectivity index (χ0v) is 16.7. The maximum Gasteiger partial charge on any atom is 0.362 e. The Kier molecular flexibility index (Phi) is 5.67. The van der Waals surface area contributed by atoms with Crippen LogP contribution in [0, 0.1) is 0 Å². The molecule has 4 rings (SSSR count). The van der Waals surface area contributed by atoms with Crippen LogP contribution in [0.25, 0.3) is 27.9 Å². The molecule has 0 aliphatic heterocycles. The van der Waals surface area contributed by atoms with Crippen molar-refractivity contribution in [2.75, 3.05) is 5.32 Å². The number of benzene rings is 2. The number of carbonyl (C=O) groups is 2. The molecule has 2 aromatic heterocycles. The number of amides is 1. The number of aromatic nitrogens is 3. The van der Waals surface area contributed by atoms with E-state index >= 15 is 0 Å². The lowest BCUT2D eigenvalue weighted by Crippen LogP contribution is -2.11. The summed E-state index contributed by atoms with van der Waals surface area (Å²) in [5.41, 5.74) is 1.44. The van der Waals surface area contributed by atoms with Gasteiger partial charge in [-0.1, -0.05) is 17.3 Å². The summed E-state index contributed by atoms with van der Waals surface area (Å²) in [6.45, 7) is 0. The average Bonchev–Trinajstić information content (AvgIpc) is 3.23. The molecule has 0 radical (unpaired) electrons. The highest BCUT2D eigenvalue weighted by Gasteiger charge is 2.12. The van der Waals surface area contributed by atoms with E-state index < -0.39 is 11.6 Å². The number of rotatable bonds is 7. The molecule has 3 N–H and O–H groups in total. The number of fused-ring (bicyclic) bond motifs is 1. The zero-order chi connectivity index (χ0) is 22.7. The third-order valence-corrected chi connectivity index (χ3v) is 4.68. The summed E-state index contributed by atoms with van der Waals surface area (Å²) in [6, 6.07) is 13.0. The number of hydrogen-bond acceptors (Lipinski definition) is 7. The largest absolute Gasteiger partial charge is 0.508 e. The summed E-state index contributed by atoms with van der Waals surface area (Å²) in [5.74, 6) is -1.24. The van der Waals surface area contributed by atoms with E-state index in [1.807, 2.05) is 0 Å². The van der Waals surface area contributed by atoms with Gasteiger partial charge < -0.3 is 19.9 Å². The zero-order valence-electron chi connectivity index (χ0n) is 16.7. The summed E-state index contributed by atoms with van der Waals surface area (Å²) in [6.07, 6.45) is 1.85. The van der Waals surface area contributed by atoms with Gasteiger partial charge in [-0.15, -0.1) is 5.10 Å². The van der Waals surface area contributed by atoms with Crippen molar-refractivity contribution in [3.63, 3.8) is 0 Å². The van der Waals surface area contributed by atoms with Gasteiger partial charge in [0.2, 0.25) is 5.91 Å². The molecule has 1 amide bonds. The minimum Gasteiger partial charge on any atom is -0.508 e. The van der Waals surface area contributed by atoms with E-state index in [1.54, 1.807) is 42.6 Å². The Hall–Kier alpha value is -4.47. The first-order valence-electron chi connectivity index (χ1n) is 9.71. The van der Waals surface area contributed by atoms with Crippen LogP contribution in [0.2, 0.25) is 0 Å². The van der Waals surface area contributed by atoms with Gasteiger partial charge >= 0.3 is 11.6 Å². The number of carbonyl (C=O) groups excluding carboxylic acids is 1. The van der Waals surface area contributed by atoms with Crippen LogP contribution in [-0.4, -0.2) is 37.1 Å². The van der Waals surface area contributed by atoms with Crippen LogP contribution in [0.15, 0.2) is 63.9 Å². The number of nitrogens with one attached hydrogen (secondary N) is 1. The molecule has 0 spiro atoms. The summed E-state index contributed by atoms with van der Waals surface area (Å²) in [4.78, 5) is 34.9. The van der Waals surface area contributed by atoms with E-state index in [2.05, 4.69) is 15.6 Å². The molecule has 0 aliphatic rings. The first-order valence-corrected chi connectivity index (χ1v) is 9.71. The van der Waals surface area contributed by atoms with Gasteiger partial charge in [-0.2, -0.15) is 0 Å². The van der Waals surface area contributed by atoms with Crippen molar-refractivity contribution >= 4 is 28.5 Å². The number of nitrogens with zero attached hydrogens (tertiary/aromatic N) is 3. The Bertz CT molecular complexity index is 1370. The SMILES string of the molecule is O=C(O)CCCC(=O)Nc1cccc(-c2cn(-c3cc4ccc(O)cc4oc3=O)nn2)c1. The third kappa shape index (κ3) is 4.64. The van der Waals surface area contributed by atoms with Crippen LogP contribution in [-0.2, 0) is 9.59 Å². The van der Waals surface area contributed by atoms with Crippen LogP contribution in [0.1, 0.15) is 19.3 Å². The second kappa shape index (κ2) is 8.72. The van der Waals surface area contributed by atoms with E-state index in [0.29, 0.717) is 22.3 Å². The Morgan fingerprint density at radius 3 is 2.75 bits per heavy atom. The van der Waals surface area contributed by atoms with E-state index in [1.165, 1.54) is 16.8 Å². The normalized spacial score (nSPS) is 10.9.